The van der Waals surface area contributed by atoms with Crippen LogP contribution in [0.5, 0.6) is 0 Å². The highest BCUT2D eigenvalue weighted by molar-refractivity contribution is 5.15. The maximum Gasteiger partial charge on any atom is 0.0646 e. The fraction of sp³-hybridized carbons (Fsp3) is 0.600. The van der Waals surface area contributed by atoms with Gasteiger partial charge in [0.05, 0.1) is 13.2 Å². The molecule has 0 amide bonds. The molecule has 0 aromatic heterocycles. The summed E-state index contributed by atoms with van der Waals surface area (Å²) >= 11 is 0. The van der Waals surface area contributed by atoms with E-state index < -0.39 is 0 Å². The number of hydrogen-bond acceptors (Lipinski definition) is 2. The van der Waals surface area contributed by atoms with Gasteiger partial charge in [-0.15, -0.1) is 0 Å². The van der Waals surface area contributed by atoms with E-state index in [2.05, 4.69) is 56.0 Å². The van der Waals surface area contributed by atoms with Crippen LogP contribution in [0.15, 0.2) is 30.3 Å². The third kappa shape index (κ3) is 2.88. The zero-order chi connectivity index (χ0) is 12.3. The number of hydrogen-bond donors (Lipinski definition) is 0. The van der Waals surface area contributed by atoms with Crippen molar-refractivity contribution < 1.29 is 4.74 Å². The molecule has 17 heavy (non-hydrogen) atoms. The van der Waals surface area contributed by atoms with Gasteiger partial charge in [0.15, 0.2) is 0 Å². The lowest BCUT2D eigenvalue weighted by atomic mass is 9.96. The molecule has 0 radical (unpaired) electrons. The maximum atomic E-state index is 5.71. The quantitative estimate of drug-likeness (QED) is 0.795. The lowest BCUT2D eigenvalue weighted by Crippen LogP contribution is -2.57. The predicted octanol–water partition coefficient (Wildman–Crippen LogP) is 3.08. The standard InChI is InChI=1S/C15H23NO/c1-4-14-11-17-12-15(2,3)16(14)10-13-8-6-5-7-9-13/h5-9,14H,4,10-12H2,1-3H3/t14-/m1/s1. The summed E-state index contributed by atoms with van der Waals surface area (Å²) < 4.78 is 5.71. The summed E-state index contributed by atoms with van der Waals surface area (Å²) in [5.41, 5.74) is 1.52. The molecular formula is C15H23NO. The molecule has 0 bridgehead atoms. The largest absolute Gasteiger partial charge is 0.378 e. The topological polar surface area (TPSA) is 12.5 Å². The predicted molar refractivity (Wildman–Crippen MR) is 71.0 cm³/mol. The number of ether oxygens (including phenoxy) is 1. The molecule has 1 saturated heterocycles. The van der Waals surface area contributed by atoms with E-state index in [1.807, 2.05) is 0 Å². The smallest absolute Gasteiger partial charge is 0.0646 e. The van der Waals surface area contributed by atoms with Gasteiger partial charge in [0.1, 0.15) is 0 Å². The van der Waals surface area contributed by atoms with Gasteiger partial charge in [-0.1, -0.05) is 37.3 Å². The average molecular weight is 233 g/mol. The van der Waals surface area contributed by atoms with E-state index >= 15 is 0 Å². The van der Waals surface area contributed by atoms with Gasteiger partial charge >= 0.3 is 0 Å². The molecule has 2 nitrogen and oxygen atoms in total. The van der Waals surface area contributed by atoms with Crippen LogP contribution >= 0.6 is 0 Å². The molecule has 0 unspecified atom stereocenters. The molecule has 1 heterocycles. The van der Waals surface area contributed by atoms with Crippen molar-refractivity contribution in [2.75, 3.05) is 13.2 Å². The van der Waals surface area contributed by atoms with E-state index in [1.54, 1.807) is 0 Å². The first-order chi connectivity index (χ1) is 8.13. The van der Waals surface area contributed by atoms with Crippen LogP contribution in [-0.2, 0) is 11.3 Å². The van der Waals surface area contributed by atoms with Crippen LogP contribution in [0, 0.1) is 0 Å². The summed E-state index contributed by atoms with van der Waals surface area (Å²) in [6.07, 6.45) is 1.15. The minimum Gasteiger partial charge on any atom is -0.378 e. The minimum absolute atomic E-state index is 0.134. The Morgan fingerprint density at radius 3 is 2.65 bits per heavy atom. The lowest BCUT2D eigenvalue weighted by Gasteiger charge is -2.47. The van der Waals surface area contributed by atoms with Crippen LogP contribution < -0.4 is 0 Å². The Bertz CT molecular complexity index is 347. The summed E-state index contributed by atoms with van der Waals surface area (Å²) in [6.45, 7) is 9.52. The van der Waals surface area contributed by atoms with Gasteiger partial charge in [-0.05, 0) is 25.8 Å². The normalized spacial score (nSPS) is 24.8. The molecular weight excluding hydrogens is 210 g/mol. The highest BCUT2D eigenvalue weighted by Crippen LogP contribution is 2.27. The Morgan fingerprint density at radius 1 is 1.29 bits per heavy atom. The third-order valence-electron chi connectivity index (χ3n) is 3.65. The van der Waals surface area contributed by atoms with Crippen LogP contribution in [-0.4, -0.2) is 29.7 Å². The van der Waals surface area contributed by atoms with Crippen LogP contribution in [0.1, 0.15) is 32.8 Å². The van der Waals surface area contributed by atoms with Crippen molar-refractivity contribution in [2.24, 2.45) is 0 Å². The fourth-order valence-corrected chi connectivity index (χ4v) is 2.57. The monoisotopic (exact) mass is 233 g/mol. The summed E-state index contributed by atoms with van der Waals surface area (Å²) in [5, 5.41) is 0. The molecule has 1 aliphatic rings. The first-order valence-corrected chi connectivity index (χ1v) is 6.52. The number of morpholine rings is 1. The van der Waals surface area contributed by atoms with E-state index in [0.29, 0.717) is 6.04 Å². The molecule has 0 saturated carbocycles. The number of rotatable bonds is 3. The molecule has 1 atom stereocenters. The second-order valence-electron chi connectivity index (χ2n) is 5.50. The molecule has 0 aliphatic carbocycles. The second-order valence-corrected chi connectivity index (χ2v) is 5.50. The Balaban J connectivity index is 2.15. The molecule has 2 rings (SSSR count). The summed E-state index contributed by atoms with van der Waals surface area (Å²) in [7, 11) is 0. The van der Waals surface area contributed by atoms with Gasteiger partial charge in [-0.25, -0.2) is 0 Å². The van der Waals surface area contributed by atoms with Crippen LogP contribution in [0.4, 0.5) is 0 Å². The van der Waals surface area contributed by atoms with Crippen LogP contribution in [0.2, 0.25) is 0 Å². The number of nitrogens with zero attached hydrogens (tertiary/aromatic N) is 1. The van der Waals surface area contributed by atoms with Crippen molar-refractivity contribution in [3.8, 4) is 0 Å². The molecule has 2 heteroatoms. The summed E-state index contributed by atoms with van der Waals surface area (Å²) in [4.78, 5) is 2.59. The average Bonchev–Trinajstić information content (AvgIpc) is 2.33. The number of benzene rings is 1. The molecule has 1 fully saturated rings. The Labute approximate surface area is 105 Å². The summed E-state index contributed by atoms with van der Waals surface area (Å²) in [5.74, 6) is 0. The van der Waals surface area contributed by atoms with Gasteiger partial charge < -0.3 is 4.74 Å². The SMILES string of the molecule is CC[C@@H]1COCC(C)(C)N1Cc1ccccc1. The van der Waals surface area contributed by atoms with Gasteiger partial charge in [-0.2, -0.15) is 0 Å². The van der Waals surface area contributed by atoms with Crippen molar-refractivity contribution in [2.45, 2.75) is 45.3 Å². The van der Waals surface area contributed by atoms with Crippen LogP contribution in [0.25, 0.3) is 0 Å². The van der Waals surface area contributed by atoms with Gasteiger partial charge in [0, 0.05) is 18.1 Å². The minimum atomic E-state index is 0.134. The highest BCUT2D eigenvalue weighted by Gasteiger charge is 2.36. The lowest BCUT2D eigenvalue weighted by molar-refractivity contribution is -0.0950. The second kappa shape index (κ2) is 5.19. The van der Waals surface area contributed by atoms with E-state index in [4.69, 9.17) is 4.74 Å². The van der Waals surface area contributed by atoms with E-state index in [1.165, 1.54) is 5.56 Å². The van der Waals surface area contributed by atoms with Gasteiger partial charge in [0.2, 0.25) is 0 Å². The molecule has 0 spiro atoms. The third-order valence-corrected chi connectivity index (χ3v) is 3.65. The Kier molecular flexibility index (Phi) is 3.85. The van der Waals surface area contributed by atoms with Crippen molar-refractivity contribution in [3.05, 3.63) is 35.9 Å². The van der Waals surface area contributed by atoms with Crippen molar-refractivity contribution >= 4 is 0 Å². The molecule has 1 aromatic rings. The van der Waals surface area contributed by atoms with Gasteiger partial charge in [-0.3, -0.25) is 4.90 Å². The fourth-order valence-electron chi connectivity index (χ4n) is 2.57. The van der Waals surface area contributed by atoms with E-state index in [0.717, 1.165) is 26.2 Å². The zero-order valence-corrected chi connectivity index (χ0v) is 11.1. The van der Waals surface area contributed by atoms with Crippen molar-refractivity contribution in [1.29, 1.82) is 0 Å². The molecule has 1 aromatic carbocycles. The molecule has 0 N–H and O–H groups in total. The maximum absolute atomic E-state index is 5.71. The Hall–Kier alpha value is -0.860. The van der Waals surface area contributed by atoms with E-state index in [9.17, 15) is 0 Å². The van der Waals surface area contributed by atoms with E-state index in [-0.39, 0.29) is 5.54 Å². The van der Waals surface area contributed by atoms with Gasteiger partial charge in [0.25, 0.3) is 0 Å². The first-order valence-electron chi connectivity index (χ1n) is 6.52. The summed E-state index contributed by atoms with van der Waals surface area (Å²) in [6, 6.07) is 11.3. The Morgan fingerprint density at radius 2 is 2.00 bits per heavy atom. The highest BCUT2D eigenvalue weighted by atomic mass is 16.5. The van der Waals surface area contributed by atoms with Crippen molar-refractivity contribution in [3.63, 3.8) is 0 Å². The molecule has 1 aliphatic heterocycles. The van der Waals surface area contributed by atoms with Crippen molar-refractivity contribution in [1.82, 2.24) is 4.90 Å². The zero-order valence-electron chi connectivity index (χ0n) is 11.1. The molecule has 94 valence electrons. The van der Waals surface area contributed by atoms with Crippen LogP contribution in [0.3, 0.4) is 0 Å². The first kappa shape index (κ1) is 12.6.